The summed E-state index contributed by atoms with van der Waals surface area (Å²) in [5.74, 6) is 0.329. The number of hydrogen-bond acceptors (Lipinski definition) is 4. The lowest BCUT2D eigenvalue weighted by Crippen LogP contribution is -2.48. The van der Waals surface area contributed by atoms with Crippen molar-refractivity contribution in [3.05, 3.63) is 41.5 Å². The maximum atomic E-state index is 12.0. The molecule has 2 heterocycles. The van der Waals surface area contributed by atoms with Crippen LogP contribution >= 0.6 is 0 Å². The number of sulfone groups is 1. The fourth-order valence-corrected chi connectivity index (χ4v) is 3.17. The number of carbonyl (C=O) groups excluding carboxylic acids is 1. The van der Waals surface area contributed by atoms with Crippen LogP contribution < -0.4 is 0 Å². The minimum atomic E-state index is -3.51. The Balaban J connectivity index is 1.87. The molecule has 1 aromatic rings. The lowest BCUT2D eigenvalue weighted by molar-refractivity contribution is -0.153. The molecule has 0 aliphatic carbocycles. The fraction of sp³-hybridized carbons (Fsp3) is 0.250. The summed E-state index contributed by atoms with van der Waals surface area (Å²) in [5.41, 5.74) is 0. The first-order valence-electron chi connectivity index (χ1n) is 5.53. The van der Waals surface area contributed by atoms with E-state index in [9.17, 15) is 13.2 Å². The van der Waals surface area contributed by atoms with E-state index in [0.717, 1.165) is 5.41 Å². The second-order valence-electron chi connectivity index (χ2n) is 4.24. The quantitative estimate of drug-likeness (QED) is 0.745. The average Bonchev–Trinajstić information content (AvgIpc) is 2.67. The second-order valence-corrected chi connectivity index (χ2v) is 6.04. The molecular weight excluding hydrogens is 254 g/mol. The standard InChI is InChI=1S/C12H11NO4S/c14-11-6-12-13(11)7-9(17-12)8-18(15,16)10-4-2-1-3-5-10/h1-5,8,12H,6-7H2. The Hall–Kier alpha value is -1.82. The van der Waals surface area contributed by atoms with Gasteiger partial charge in [0.1, 0.15) is 5.76 Å². The number of benzene rings is 1. The van der Waals surface area contributed by atoms with Gasteiger partial charge in [-0.3, -0.25) is 9.69 Å². The molecule has 0 radical (unpaired) electrons. The van der Waals surface area contributed by atoms with Crippen molar-refractivity contribution in [2.45, 2.75) is 17.5 Å². The zero-order valence-corrected chi connectivity index (χ0v) is 10.3. The fourth-order valence-electron chi connectivity index (χ4n) is 2.02. The largest absolute Gasteiger partial charge is 0.472 e. The highest BCUT2D eigenvalue weighted by Gasteiger charge is 2.44. The van der Waals surface area contributed by atoms with Crippen LogP contribution in [0.1, 0.15) is 6.42 Å². The van der Waals surface area contributed by atoms with Crippen molar-refractivity contribution in [2.75, 3.05) is 6.54 Å². The SMILES string of the molecule is O=C1CC2OC(=CS(=O)(=O)c3ccccc3)CN12. The number of carbonyl (C=O) groups is 1. The number of rotatable bonds is 2. The van der Waals surface area contributed by atoms with Crippen molar-refractivity contribution in [3.63, 3.8) is 0 Å². The van der Waals surface area contributed by atoms with Crippen molar-refractivity contribution >= 4 is 15.7 Å². The molecule has 0 N–H and O–H groups in total. The van der Waals surface area contributed by atoms with Gasteiger partial charge in [-0.05, 0) is 12.1 Å². The first-order valence-corrected chi connectivity index (χ1v) is 7.08. The highest BCUT2D eigenvalue weighted by atomic mass is 32.2. The van der Waals surface area contributed by atoms with Gasteiger partial charge >= 0.3 is 0 Å². The van der Waals surface area contributed by atoms with E-state index >= 15 is 0 Å². The van der Waals surface area contributed by atoms with Crippen molar-refractivity contribution in [2.24, 2.45) is 0 Å². The molecule has 1 atom stereocenters. The number of amides is 1. The molecule has 1 aromatic carbocycles. The molecule has 2 fully saturated rings. The summed E-state index contributed by atoms with van der Waals surface area (Å²) < 4.78 is 29.5. The molecule has 0 bridgehead atoms. The predicted octanol–water partition coefficient (Wildman–Crippen LogP) is 0.890. The van der Waals surface area contributed by atoms with Crippen LogP contribution in [0.2, 0.25) is 0 Å². The van der Waals surface area contributed by atoms with Gasteiger partial charge in [0.25, 0.3) is 0 Å². The molecule has 5 nitrogen and oxygen atoms in total. The third-order valence-electron chi connectivity index (χ3n) is 2.99. The molecule has 18 heavy (non-hydrogen) atoms. The van der Waals surface area contributed by atoms with Crippen LogP contribution in [0.15, 0.2) is 46.4 Å². The number of β-lactam (4-membered cyclic amide) rings is 1. The minimum absolute atomic E-state index is 0.000471. The van der Waals surface area contributed by atoms with Gasteiger partial charge in [-0.25, -0.2) is 8.42 Å². The summed E-state index contributed by atoms with van der Waals surface area (Å²) in [6, 6.07) is 8.14. The van der Waals surface area contributed by atoms with Crippen LogP contribution in [0, 0.1) is 0 Å². The second kappa shape index (κ2) is 3.84. The van der Waals surface area contributed by atoms with Crippen LogP contribution in [0.25, 0.3) is 0 Å². The first-order chi connectivity index (χ1) is 8.56. The Kier molecular flexibility index (Phi) is 2.41. The number of fused-ring (bicyclic) bond motifs is 1. The normalized spacial score (nSPS) is 24.7. The van der Waals surface area contributed by atoms with Crippen molar-refractivity contribution < 1.29 is 17.9 Å². The van der Waals surface area contributed by atoms with Crippen LogP contribution in [0.5, 0.6) is 0 Å². The Bertz CT molecular complexity index is 621. The zero-order valence-electron chi connectivity index (χ0n) is 9.44. The van der Waals surface area contributed by atoms with Crippen LogP contribution in [0.3, 0.4) is 0 Å². The molecule has 94 valence electrons. The summed E-state index contributed by atoms with van der Waals surface area (Å²) in [6.45, 7) is 0.246. The van der Waals surface area contributed by atoms with E-state index in [1.165, 1.54) is 17.0 Å². The molecule has 1 amide bonds. The molecule has 1 unspecified atom stereocenters. The van der Waals surface area contributed by atoms with Gasteiger partial charge in [0, 0.05) is 0 Å². The number of ether oxygens (including phenoxy) is 1. The molecule has 0 spiro atoms. The average molecular weight is 265 g/mol. The monoisotopic (exact) mass is 265 g/mol. The molecule has 3 rings (SSSR count). The topological polar surface area (TPSA) is 63.7 Å². The van der Waals surface area contributed by atoms with Crippen LogP contribution in [0.4, 0.5) is 0 Å². The maximum Gasteiger partial charge on any atom is 0.231 e. The molecule has 6 heteroatoms. The lowest BCUT2D eigenvalue weighted by atomic mass is 10.2. The summed E-state index contributed by atoms with van der Waals surface area (Å²) in [4.78, 5) is 12.9. The van der Waals surface area contributed by atoms with E-state index in [4.69, 9.17) is 4.74 Å². The highest BCUT2D eigenvalue weighted by Crippen LogP contribution is 2.31. The van der Waals surface area contributed by atoms with E-state index in [2.05, 4.69) is 0 Å². The van der Waals surface area contributed by atoms with Crippen molar-refractivity contribution in [1.82, 2.24) is 4.90 Å². The summed E-state index contributed by atoms with van der Waals surface area (Å²) in [7, 11) is -3.51. The van der Waals surface area contributed by atoms with Gasteiger partial charge in [0.15, 0.2) is 6.23 Å². The lowest BCUT2D eigenvalue weighted by Gasteiger charge is -2.30. The minimum Gasteiger partial charge on any atom is -0.472 e. The highest BCUT2D eigenvalue weighted by molar-refractivity contribution is 7.94. The molecule has 2 aliphatic rings. The van der Waals surface area contributed by atoms with Gasteiger partial charge in [0.2, 0.25) is 15.7 Å². The van der Waals surface area contributed by atoms with Gasteiger partial charge < -0.3 is 4.74 Å². The zero-order chi connectivity index (χ0) is 12.8. The van der Waals surface area contributed by atoms with Gasteiger partial charge in [-0.1, -0.05) is 18.2 Å². The van der Waals surface area contributed by atoms with Crippen LogP contribution in [-0.4, -0.2) is 32.0 Å². The number of nitrogens with zero attached hydrogens (tertiary/aromatic N) is 1. The van der Waals surface area contributed by atoms with Gasteiger partial charge in [-0.2, -0.15) is 0 Å². The number of hydrogen-bond donors (Lipinski definition) is 0. The predicted molar refractivity (Wildman–Crippen MR) is 62.9 cm³/mol. The smallest absolute Gasteiger partial charge is 0.231 e. The van der Waals surface area contributed by atoms with Gasteiger partial charge in [-0.15, -0.1) is 0 Å². The van der Waals surface area contributed by atoms with E-state index in [1.807, 2.05) is 0 Å². The first kappa shape index (κ1) is 11.3. The summed E-state index contributed by atoms with van der Waals surface area (Å²) >= 11 is 0. The molecule has 2 saturated heterocycles. The third kappa shape index (κ3) is 1.78. The van der Waals surface area contributed by atoms with E-state index in [1.54, 1.807) is 18.2 Å². The van der Waals surface area contributed by atoms with E-state index in [-0.39, 0.29) is 23.6 Å². The Labute approximate surface area is 105 Å². The summed E-state index contributed by atoms with van der Waals surface area (Å²) in [6.07, 6.45) is 0.0673. The summed E-state index contributed by atoms with van der Waals surface area (Å²) in [5, 5.41) is 1.11. The molecular formula is C12H11NO4S. The Morgan fingerprint density at radius 3 is 2.61 bits per heavy atom. The molecule has 0 saturated carbocycles. The Morgan fingerprint density at radius 1 is 1.28 bits per heavy atom. The molecule has 2 aliphatic heterocycles. The van der Waals surface area contributed by atoms with Crippen molar-refractivity contribution in [3.8, 4) is 0 Å². The van der Waals surface area contributed by atoms with Crippen LogP contribution in [-0.2, 0) is 19.4 Å². The molecule has 0 aromatic heterocycles. The van der Waals surface area contributed by atoms with E-state index in [0.29, 0.717) is 12.2 Å². The third-order valence-corrected chi connectivity index (χ3v) is 4.49. The van der Waals surface area contributed by atoms with E-state index < -0.39 is 9.84 Å². The van der Waals surface area contributed by atoms with Crippen molar-refractivity contribution in [1.29, 1.82) is 0 Å². The maximum absolute atomic E-state index is 12.0. The Morgan fingerprint density at radius 2 is 2.00 bits per heavy atom. The van der Waals surface area contributed by atoms with Gasteiger partial charge in [0.05, 0.1) is 23.3 Å².